The monoisotopic (exact) mass is 369 g/mol. The van der Waals surface area contributed by atoms with Crippen molar-refractivity contribution in [1.29, 1.82) is 0 Å². The fourth-order valence-electron chi connectivity index (χ4n) is 2.97. The fourth-order valence-corrected chi connectivity index (χ4v) is 2.97. The third kappa shape index (κ3) is 6.63. The number of hydrogen-bond donors (Lipinski definition) is 1. The Labute approximate surface area is 162 Å². The highest BCUT2D eigenvalue weighted by Crippen LogP contribution is 2.27. The summed E-state index contributed by atoms with van der Waals surface area (Å²) >= 11 is 0. The van der Waals surface area contributed by atoms with Crippen LogP contribution in [0, 0.1) is 0 Å². The molecule has 0 unspecified atom stereocenters. The summed E-state index contributed by atoms with van der Waals surface area (Å²) in [6, 6.07) is 14.5. The maximum atomic E-state index is 12.1. The van der Waals surface area contributed by atoms with Gasteiger partial charge in [0.25, 0.3) is 0 Å². The molecular weight excluding hydrogens is 338 g/mol. The van der Waals surface area contributed by atoms with Gasteiger partial charge in [0.05, 0.1) is 14.2 Å². The molecule has 0 heterocycles. The van der Waals surface area contributed by atoms with Gasteiger partial charge in [-0.05, 0) is 54.0 Å². The maximum Gasteiger partial charge on any atom is 0.220 e. The number of ether oxygens (including phenoxy) is 2. The van der Waals surface area contributed by atoms with Gasteiger partial charge in [0.2, 0.25) is 5.91 Å². The number of nitrogens with one attached hydrogen (secondary N) is 1. The molecule has 0 fully saturated rings. The quantitative estimate of drug-likeness (QED) is 0.627. The van der Waals surface area contributed by atoms with Crippen molar-refractivity contribution in [2.75, 3.05) is 20.8 Å². The molecule has 27 heavy (non-hydrogen) atoms. The molecule has 0 saturated heterocycles. The first-order valence-electron chi connectivity index (χ1n) is 9.60. The zero-order valence-corrected chi connectivity index (χ0v) is 16.9. The third-order valence-electron chi connectivity index (χ3n) is 4.70. The third-order valence-corrected chi connectivity index (χ3v) is 4.70. The van der Waals surface area contributed by atoms with E-state index in [2.05, 4.69) is 43.4 Å². The summed E-state index contributed by atoms with van der Waals surface area (Å²) in [5.41, 5.74) is 3.74. The van der Waals surface area contributed by atoms with Crippen LogP contribution in [0.5, 0.6) is 11.5 Å². The van der Waals surface area contributed by atoms with E-state index in [0.717, 1.165) is 18.4 Å². The second kappa shape index (κ2) is 10.6. The van der Waals surface area contributed by atoms with E-state index in [-0.39, 0.29) is 5.91 Å². The lowest BCUT2D eigenvalue weighted by Gasteiger charge is -2.10. The van der Waals surface area contributed by atoms with Crippen LogP contribution >= 0.6 is 0 Å². The van der Waals surface area contributed by atoms with Crippen LogP contribution in [0.4, 0.5) is 0 Å². The summed E-state index contributed by atoms with van der Waals surface area (Å²) in [5, 5.41) is 3.01. The predicted octanol–water partition coefficient (Wildman–Crippen LogP) is 4.51. The van der Waals surface area contributed by atoms with Crippen molar-refractivity contribution < 1.29 is 14.3 Å². The summed E-state index contributed by atoms with van der Waals surface area (Å²) in [6.45, 7) is 5.11. The van der Waals surface area contributed by atoms with Gasteiger partial charge < -0.3 is 14.8 Å². The molecule has 0 aliphatic carbocycles. The molecule has 0 aromatic heterocycles. The van der Waals surface area contributed by atoms with Crippen LogP contribution in [0.25, 0.3) is 0 Å². The van der Waals surface area contributed by atoms with Crippen molar-refractivity contribution in [2.45, 2.75) is 45.4 Å². The molecule has 146 valence electrons. The Bertz CT molecular complexity index is 723. The summed E-state index contributed by atoms with van der Waals surface area (Å²) in [4.78, 5) is 12.1. The Balaban J connectivity index is 1.69. The van der Waals surface area contributed by atoms with Crippen LogP contribution in [0.3, 0.4) is 0 Å². The molecule has 2 aromatic rings. The number of carbonyl (C=O) groups excluding carboxylic acids is 1. The van der Waals surface area contributed by atoms with Crippen LogP contribution < -0.4 is 14.8 Å². The summed E-state index contributed by atoms with van der Waals surface area (Å²) < 4.78 is 10.5. The van der Waals surface area contributed by atoms with E-state index >= 15 is 0 Å². The van der Waals surface area contributed by atoms with Gasteiger partial charge >= 0.3 is 0 Å². The predicted molar refractivity (Wildman–Crippen MR) is 110 cm³/mol. The van der Waals surface area contributed by atoms with Gasteiger partial charge in [-0.25, -0.2) is 0 Å². The normalized spacial score (nSPS) is 10.7. The highest BCUT2D eigenvalue weighted by Gasteiger charge is 2.07. The van der Waals surface area contributed by atoms with Crippen molar-refractivity contribution in [1.82, 2.24) is 5.32 Å². The first-order chi connectivity index (χ1) is 13.0. The van der Waals surface area contributed by atoms with Crippen molar-refractivity contribution >= 4 is 5.91 Å². The van der Waals surface area contributed by atoms with Crippen LogP contribution in [-0.4, -0.2) is 26.7 Å². The number of aryl methyl sites for hydroxylation is 2. The van der Waals surface area contributed by atoms with Gasteiger partial charge in [-0.1, -0.05) is 44.2 Å². The van der Waals surface area contributed by atoms with E-state index in [0.29, 0.717) is 36.8 Å². The van der Waals surface area contributed by atoms with Gasteiger partial charge in [0, 0.05) is 13.0 Å². The number of hydrogen-bond acceptors (Lipinski definition) is 3. The standard InChI is InChI=1S/C23H31NO3/c1-17(2)20-11-7-18(8-12-20)6-5-15-24-23(25)14-10-19-9-13-21(26-3)22(16-19)27-4/h7-9,11-13,16-17H,5-6,10,14-15H2,1-4H3,(H,24,25). The average molecular weight is 370 g/mol. The first kappa shape index (κ1) is 20.8. The number of amides is 1. The molecule has 0 aliphatic heterocycles. The van der Waals surface area contributed by atoms with Crippen molar-refractivity contribution in [3.63, 3.8) is 0 Å². The lowest BCUT2D eigenvalue weighted by atomic mass is 10.0. The molecule has 2 rings (SSSR count). The Kier molecular flexibility index (Phi) is 8.18. The Morgan fingerprint density at radius 1 is 0.926 bits per heavy atom. The fraction of sp³-hybridized carbons (Fsp3) is 0.435. The number of benzene rings is 2. The smallest absolute Gasteiger partial charge is 0.220 e. The maximum absolute atomic E-state index is 12.1. The van der Waals surface area contributed by atoms with E-state index in [9.17, 15) is 4.79 Å². The Morgan fingerprint density at radius 2 is 1.59 bits per heavy atom. The number of rotatable bonds is 10. The largest absolute Gasteiger partial charge is 0.493 e. The topological polar surface area (TPSA) is 47.6 Å². The average Bonchev–Trinajstić information content (AvgIpc) is 2.69. The first-order valence-corrected chi connectivity index (χ1v) is 9.60. The molecule has 0 aliphatic rings. The lowest BCUT2D eigenvalue weighted by molar-refractivity contribution is -0.121. The molecule has 4 heteroatoms. The zero-order valence-electron chi connectivity index (χ0n) is 16.9. The summed E-state index contributed by atoms with van der Waals surface area (Å²) in [6.07, 6.45) is 3.08. The van der Waals surface area contributed by atoms with E-state index in [1.54, 1.807) is 14.2 Å². The van der Waals surface area contributed by atoms with Gasteiger partial charge in [-0.2, -0.15) is 0 Å². The minimum atomic E-state index is 0.0833. The molecule has 4 nitrogen and oxygen atoms in total. The van der Waals surface area contributed by atoms with E-state index in [4.69, 9.17) is 9.47 Å². The molecule has 2 aromatic carbocycles. The molecule has 0 radical (unpaired) electrons. The van der Waals surface area contributed by atoms with Gasteiger partial charge in [-0.3, -0.25) is 4.79 Å². The highest BCUT2D eigenvalue weighted by molar-refractivity contribution is 5.76. The van der Waals surface area contributed by atoms with Crippen LogP contribution in [0.15, 0.2) is 42.5 Å². The van der Waals surface area contributed by atoms with E-state index in [1.165, 1.54) is 11.1 Å². The van der Waals surface area contributed by atoms with Crippen molar-refractivity contribution in [3.05, 3.63) is 59.2 Å². The van der Waals surface area contributed by atoms with Crippen LogP contribution in [0.2, 0.25) is 0 Å². The van der Waals surface area contributed by atoms with Crippen molar-refractivity contribution in [3.8, 4) is 11.5 Å². The molecule has 1 N–H and O–H groups in total. The second-order valence-electron chi connectivity index (χ2n) is 7.04. The molecular formula is C23H31NO3. The number of methoxy groups -OCH3 is 2. The number of carbonyl (C=O) groups is 1. The molecule has 0 spiro atoms. The minimum Gasteiger partial charge on any atom is -0.493 e. The lowest BCUT2D eigenvalue weighted by Crippen LogP contribution is -2.25. The molecule has 0 atom stereocenters. The Morgan fingerprint density at radius 3 is 2.22 bits per heavy atom. The summed E-state index contributed by atoms with van der Waals surface area (Å²) in [5.74, 6) is 2.04. The minimum absolute atomic E-state index is 0.0833. The molecule has 0 saturated carbocycles. The van der Waals surface area contributed by atoms with Crippen molar-refractivity contribution in [2.24, 2.45) is 0 Å². The van der Waals surface area contributed by atoms with Gasteiger partial charge in [-0.15, -0.1) is 0 Å². The van der Waals surface area contributed by atoms with Crippen LogP contribution in [-0.2, 0) is 17.6 Å². The van der Waals surface area contributed by atoms with E-state index in [1.807, 2.05) is 18.2 Å². The van der Waals surface area contributed by atoms with Crippen LogP contribution in [0.1, 0.15) is 49.3 Å². The van der Waals surface area contributed by atoms with Gasteiger partial charge in [0.1, 0.15) is 0 Å². The molecule has 0 bridgehead atoms. The molecule has 1 amide bonds. The highest BCUT2D eigenvalue weighted by atomic mass is 16.5. The second-order valence-corrected chi connectivity index (χ2v) is 7.04. The SMILES string of the molecule is COc1ccc(CCC(=O)NCCCc2ccc(C(C)C)cc2)cc1OC. The van der Waals surface area contributed by atoms with E-state index < -0.39 is 0 Å². The van der Waals surface area contributed by atoms with Gasteiger partial charge in [0.15, 0.2) is 11.5 Å². The summed E-state index contributed by atoms with van der Waals surface area (Å²) in [7, 11) is 3.23. The Hall–Kier alpha value is -2.49. The zero-order chi connectivity index (χ0) is 19.6.